The molecule has 2 amide bonds. The Morgan fingerprint density at radius 1 is 1.04 bits per heavy atom. The molecule has 6 heteroatoms. The molecule has 2 rings (SSSR count). The summed E-state index contributed by atoms with van der Waals surface area (Å²) >= 11 is 0. The maximum Gasteiger partial charge on any atom is 0.303 e. The van der Waals surface area contributed by atoms with Gasteiger partial charge in [0.15, 0.2) is 0 Å². The van der Waals surface area contributed by atoms with Crippen LogP contribution in [0.3, 0.4) is 0 Å². The lowest BCUT2D eigenvalue weighted by atomic mass is 9.93. The number of rotatable bonds is 6. The molecule has 0 aromatic heterocycles. The molecular weight excluding hydrogens is 320 g/mol. The van der Waals surface area contributed by atoms with Crippen LogP contribution in [-0.2, 0) is 4.79 Å². The van der Waals surface area contributed by atoms with Crippen molar-refractivity contribution in [1.82, 2.24) is 9.80 Å². The van der Waals surface area contributed by atoms with Crippen molar-refractivity contribution in [1.29, 1.82) is 0 Å². The molecule has 1 aliphatic heterocycles. The summed E-state index contributed by atoms with van der Waals surface area (Å²) in [5, 5.41) is 8.85. The molecule has 1 aromatic carbocycles. The third-order valence-corrected chi connectivity index (χ3v) is 4.79. The minimum absolute atomic E-state index is 0.0292. The number of likely N-dealkylation sites (tertiary alicyclic amines) is 1. The highest BCUT2D eigenvalue weighted by atomic mass is 16.4. The molecule has 0 radical (unpaired) electrons. The van der Waals surface area contributed by atoms with Gasteiger partial charge in [-0.05, 0) is 56.9 Å². The van der Waals surface area contributed by atoms with Crippen molar-refractivity contribution in [2.75, 3.05) is 26.2 Å². The van der Waals surface area contributed by atoms with Crippen LogP contribution in [-0.4, -0.2) is 58.9 Å². The number of amides is 2. The molecule has 1 fully saturated rings. The van der Waals surface area contributed by atoms with Crippen LogP contribution in [0.1, 0.15) is 53.8 Å². The Morgan fingerprint density at radius 2 is 1.56 bits per heavy atom. The number of aliphatic carboxylic acids is 1. The maximum atomic E-state index is 12.6. The largest absolute Gasteiger partial charge is 0.481 e. The summed E-state index contributed by atoms with van der Waals surface area (Å²) in [5.41, 5.74) is 1.15. The van der Waals surface area contributed by atoms with Crippen LogP contribution in [0.15, 0.2) is 24.3 Å². The second-order valence-corrected chi connectivity index (χ2v) is 6.39. The Kier molecular flexibility index (Phi) is 6.56. The number of carboxylic acids is 1. The van der Waals surface area contributed by atoms with Gasteiger partial charge in [0.1, 0.15) is 0 Å². The van der Waals surface area contributed by atoms with E-state index in [1.807, 2.05) is 13.8 Å². The van der Waals surface area contributed by atoms with Gasteiger partial charge in [-0.1, -0.05) is 0 Å². The van der Waals surface area contributed by atoms with Crippen LogP contribution in [0.5, 0.6) is 0 Å². The highest BCUT2D eigenvalue weighted by Gasteiger charge is 2.25. The topological polar surface area (TPSA) is 77.9 Å². The first-order chi connectivity index (χ1) is 12.0. The van der Waals surface area contributed by atoms with Crippen molar-refractivity contribution >= 4 is 17.8 Å². The van der Waals surface area contributed by atoms with E-state index in [9.17, 15) is 14.4 Å². The fraction of sp³-hybridized carbons (Fsp3) is 0.526. The number of piperidine rings is 1. The predicted molar refractivity (Wildman–Crippen MR) is 94.6 cm³/mol. The summed E-state index contributed by atoms with van der Waals surface area (Å²) in [6, 6.07) is 6.79. The smallest absolute Gasteiger partial charge is 0.303 e. The molecular formula is C19H26N2O4. The molecule has 1 saturated heterocycles. The second kappa shape index (κ2) is 8.65. The number of carbonyl (C=O) groups excluding carboxylic acids is 2. The number of hydrogen-bond donors (Lipinski definition) is 1. The molecule has 6 nitrogen and oxygen atoms in total. The molecule has 0 spiro atoms. The van der Waals surface area contributed by atoms with E-state index >= 15 is 0 Å². The summed E-state index contributed by atoms with van der Waals surface area (Å²) in [4.78, 5) is 39.1. The molecule has 0 bridgehead atoms. The van der Waals surface area contributed by atoms with Crippen LogP contribution < -0.4 is 0 Å². The molecule has 0 unspecified atom stereocenters. The van der Waals surface area contributed by atoms with Crippen molar-refractivity contribution in [3.63, 3.8) is 0 Å². The second-order valence-electron chi connectivity index (χ2n) is 6.39. The quantitative estimate of drug-likeness (QED) is 0.858. The Bertz CT molecular complexity index is 615. The van der Waals surface area contributed by atoms with Gasteiger partial charge < -0.3 is 14.9 Å². The fourth-order valence-corrected chi connectivity index (χ4v) is 3.22. The lowest BCUT2D eigenvalue weighted by Crippen LogP contribution is -2.39. The van der Waals surface area contributed by atoms with Gasteiger partial charge in [0.2, 0.25) is 0 Å². The number of hydrogen-bond acceptors (Lipinski definition) is 3. The van der Waals surface area contributed by atoms with Crippen LogP contribution >= 0.6 is 0 Å². The van der Waals surface area contributed by atoms with Gasteiger partial charge in [0, 0.05) is 43.7 Å². The van der Waals surface area contributed by atoms with Crippen molar-refractivity contribution < 1.29 is 19.5 Å². The zero-order valence-corrected chi connectivity index (χ0v) is 14.9. The monoisotopic (exact) mass is 346 g/mol. The summed E-state index contributed by atoms with van der Waals surface area (Å²) in [6.45, 7) is 6.34. The fourth-order valence-electron chi connectivity index (χ4n) is 3.22. The van der Waals surface area contributed by atoms with Crippen LogP contribution in [0.25, 0.3) is 0 Å². The number of carboxylic acid groups (broad SMARTS) is 1. The Balaban J connectivity index is 1.97. The molecule has 0 aliphatic carbocycles. The maximum absolute atomic E-state index is 12.6. The van der Waals surface area contributed by atoms with E-state index in [1.54, 1.807) is 34.1 Å². The normalized spacial score (nSPS) is 15.0. The number of carbonyl (C=O) groups is 3. The van der Waals surface area contributed by atoms with Crippen molar-refractivity contribution in [2.24, 2.45) is 5.92 Å². The summed E-state index contributed by atoms with van der Waals surface area (Å²) in [5.74, 6) is -0.719. The van der Waals surface area contributed by atoms with E-state index in [4.69, 9.17) is 5.11 Å². The lowest BCUT2D eigenvalue weighted by Gasteiger charge is -2.31. The summed E-state index contributed by atoms with van der Waals surface area (Å²) in [7, 11) is 0. The van der Waals surface area contributed by atoms with E-state index in [2.05, 4.69) is 0 Å². The van der Waals surface area contributed by atoms with E-state index in [1.165, 1.54) is 0 Å². The number of benzene rings is 1. The van der Waals surface area contributed by atoms with Gasteiger partial charge in [-0.2, -0.15) is 0 Å². The predicted octanol–water partition coefficient (Wildman–Crippen LogP) is 2.50. The average Bonchev–Trinajstić information content (AvgIpc) is 2.62. The Hall–Kier alpha value is -2.37. The standard InChI is InChI=1S/C19H26N2O4/c1-3-20(4-2)18(24)15-5-7-16(8-6-15)19(25)21-11-9-14(10-12-21)13-17(22)23/h5-8,14H,3-4,9-13H2,1-2H3,(H,22,23). The third-order valence-electron chi connectivity index (χ3n) is 4.79. The van der Waals surface area contributed by atoms with Crippen LogP contribution in [0.2, 0.25) is 0 Å². The van der Waals surface area contributed by atoms with Gasteiger partial charge in [0.05, 0.1) is 0 Å². The van der Waals surface area contributed by atoms with E-state index in [0.717, 1.165) is 12.8 Å². The highest BCUT2D eigenvalue weighted by molar-refractivity contribution is 5.97. The average molecular weight is 346 g/mol. The van der Waals surface area contributed by atoms with Gasteiger partial charge in [-0.25, -0.2) is 0 Å². The minimum atomic E-state index is -0.779. The van der Waals surface area contributed by atoms with Gasteiger partial charge in [0.25, 0.3) is 11.8 Å². The summed E-state index contributed by atoms with van der Waals surface area (Å²) < 4.78 is 0. The van der Waals surface area contributed by atoms with Crippen molar-refractivity contribution in [3.05, 3.63) is 35.4 Å². The molecule has 1 heterocycles. The zero-order chi connectivity index (χ0) is 18.4. The van der Waals surface area contributed by atoms with E-state index in [-0.39, 0.29) is 24.2 Å². The molecule has 0 saturated carbocycles. The zero-order valence-electron chi connectivity index (χ0n) is 14.9. The molecule has 136 valence electrons. The first kappa shape index (κ1) is 19.0. The molecule has 1 aliphatic rings. The van der Waals surface area contributed by atoms with Gasteiger partial charge >= 0.3 is 5.97 Å². The van der Waals surface area contributed by atoms with Crippen molar-refractivity contribution in [3.8, 4) is 0 Å². The van der Waals surface area contributed by atoms with Crippen molar-refractivity contribution in [2.45, 2.75) is 33.1 Å². The summed E-state index contributed by atoms with van der Waals surface area (Å²) in [6.07, 6.45) is 1.61. The Labute approximate surface area is 148 Å². The van der Waals surface area contributed by atoms with E-state index < -0.39 is 5.97 Å². The lowest BCUT2D eigenvalue weighted by molar-refractivity contribution is -0.138. The highest BCUT2D eigenvalue weighted by Crippen LogP contribution is 2.22. The first-order valence-corrected chi connectivity index (χ1v) is 8.86. The number of nitrogens with zero attached hydrogens (tertiary/aromatic N) is 2. The molecule has 1 N–H and O–H groups in total. The van der Waals surface area contributed by atoms with Crippen LogP contribution in [0, 0.1) is 5.92 Å². The Morgan fingerprint density at radius 3 is 2.04 bits per heavy atom. The van der Waals surface area contributed by atoms with Crippen LogP contribution in [0.4, 0.5) is 0 Å². The van der Waals surface area contributed by atoms with Gasteiger partial charge in [-0.3, -0.25) is 14.4 Å². The first-order valence-electron chi connectivity index (χ1n) is 8.86. The molecule has 25 heavy (non-hydrogen) atoms. The third kappa shape index (κ3) is 4.81. The minimum Gasteiger partial charge on any atom is -0.481 e. The van der Waals surface area contributed by atoms with Gasteiger partial charge in [-0.15, -0.1) is 0 Å². The molecule has 0 atom stereocenters. The van der Waals surface area contributed by atoms with E-state index in [0.29, 0.717) is 37.3 Å². The SMILES string of the molecule is CCN(CC)C(=O)c1ccc(C(=O)N2CCC(CC(=O)O)CC2)cc1. The molecule has 1 aromatic rings.